The summed E-state index contributed by atoms with van der Waals surface area (Å²) in [6, 6.07) is 0.604. The summed E-state index contributed by atoms with van der Waals surface area (Å²) < 4.78 is 0. The highest BCUT2D eigenvalue weighted by Gasteiger charge is 2.23. The van der Waals surface area contributed by atoms with E-state index in [4.69, 9.17) is 4.98 Å². The van der Waals surface area contributed by atoms with E-state index in [-0.39, 0.29) is 5.54 Å². The minimum atomic E-state index is 0.155. The van der Waals surface area contributed by atoms with Crippen LogP contribution in [0.25, 0.3) is 0 Å². The quantitative estimate of drug-likeness (QED) is 0.887. The molecule has 2 rings (SSSR count). The molecule has 5 heteroatoms. The lowest BCUT2D eigenvalue weighted by Crippen LogP contribution is -2.40. The molecule has 120 valence electrons. The van der Waals surface area contributed by atoms with Crippen LogP contribution in [0.4, 0.5) is 5.13 Å². The van der Waals surface area contributed by atoms with E-state index in [0.29, 0.717) is 6.04 Å². The smallest absolute Gasteiger partial charge is 0.186 e. The molecule has 1 saturated heterocycles. The van der Waals surface area contributed by atoms with Crippen molar-refractivity contribution in [2.24, 2.45) is 0 Å². The summed E-state index contributed by atoms with van der Waals surface area (Å²) in [5, 5.41) is 4.85. The average Bonchev–Trinajstić information content (AvgIpc) is 2.80. The molecule has 0 radical (unpaired) electrons. The highest BCUT2D eigenvalue weighted by Crippen LogP contribution is 2.31. The van der Waals surface area contributed by atoms with Crippen molar-refractivity contribution in [3.63, 3.8) is 0 Å². The van der Waals surface area contributed by atoms with Gasteiger partial charge in [-0.1, -0.05) is 13.3 Å². The van der Waals surface area contributed by atoms with Crippen LogP contribution in [-0.4, -0.2) is 34.6 Å². The number of hydrogen-bond donors (Lipinski definition) is 1. The number of nitrogens with zero attached hydrogens (tertiary/aromatic N) is 2. The van der Waals surface area contributed by atoms with E-state index >= 15 is 0 Å². The molecule has 0 amide bonds. The first-order valence-electron chi connectivity index (χ1n) is 7.98. The molecular formula is C16H29N3S2. The standard InChI is InChI=1S/C16H29N3S2/c1-6-7-13-14(10-17-16(3,4)5)21-15(18-13)19-8-9-20-11-12(19)2/h12,17H,6-11H2,1-5H3. The second kappa shape index (κ2) is 7.34. The number of aryl methyl sites for hydroxylation is 1. The molecule has 1 aromatic rings. The maximum Gasteiger partial charge on any atom is 0.186 e. The first-order chi connectivity index (χ1) is 9.90. The Kier molecular flexibility index (Phi) is 5.97. The summed E-state index contributed by atoms with van der Waals surface area (Å²) in [7, 11) is 0. The SMILES string of the molecule is CCCc1nc(N2CCSCC2C)sc1CNC(C)(C)C. The Balaban J connectivity index is 2.15. The summed E-state index contributed by atoms with van der Waals surface area (Å²) >= 11 is 3.95. The van der Waals surface area contributed by atoms with Crippen LogP contribution in [0.2, 0.25) is 0 Å². The van der Waals surface area contributed by atoms with E-state index in [2.05, 4.69) is 56.6 Å². The van der Waals surface area contributed by atoms with Crippen molar-refractivity contribution in [2.75, 3.05) is 23.0 Å². The molecule has 1 unspecified atom stereocenters. The first-order valence-corrected chi connectivity index (χ1v) is 9.96. The zero-order valence-electron chi connectivity index (χ0n) is 14.0. The summed E-state index contributed by atoms with van der Waals surface area (Å²) in [6.45, 7) is 13.3. The van der Waals surface area contributed by atoms with Crippen LogP contribution in [0.1, 0.15) is 51.6 Å². The molecule has 0 bridgehead atoms. The lowest BCUT2D eigenvalue weighted by atomic mass is 10.1. The second-order valence-electron chi connectivity index (χ2n) is 6.84. The molecule has 0 spiro atoms. The molecule has 1 aliphatic heterocycles. The molecule has 0 saturated carbocycles. The fourth-order valence-corrected chi connectivity index (χ4v) is 4.61. The second-order valence-corrected chi connectivity index (χ2v) is 9.05. The fourth-order valence-electron chi connectivity index (χ4n) is 2.42. The average molecular weight is 328 g/mol. The number of anilines is 1. The van der Waals surface area contributed by atoms with E-state index in [1.807, 2.05) is 11.3 Å². The molecule has 1 fully saturated rings. The van der Waals surface area contributed by atoms with E-state index in [0.717, 1.165) is 25.9 Å². The number of thioether (sulfide) groups is 1. The Hall–Kier alpha value is -0.260. The Labute approximate surface area is 137 Å². The van der Waals surface area contributed by atoms with E-state index in [1.165, 1.54) is 27.2 Å². The van der Waals surface area contributed by atoms with Gasteiger partial charge in [0.2, 0.25) is 0 Å². The first kappa shape index (κ1) is 17.1. The Morgan fingerprint density at radius 2 is 2.14 bits per heavy atom. The number of aromatic nitrogens is 1. The van der Waals surface area contributed by atoms with E-state index in [9.17, 15) is 0 Å². The molecule has 3 nitrogen and oxygen atoms in total. The zero-order chi connectivity index (χ0) is 15.5. The molecule has 2 heterocycles. The number of hydrogen-bond acceptors (Lipinski definition) is 5. The highest BCUT2D eigenvalue weighted by atomic mass is 32.2. The van der Waals surface area contributed by atoms with Gasteiger partial charge in [-0.15, -0.1) is 11.3 Å². The molecule has 1 aliphatic rings. The largest absolute Gasteiger partial charge is 0.344 e. The van der Waals surface area contributed by atoms with Crippen molar-refractivity contribution in [3.05, 3.63) is 10.6 Å². The third-order valence-electron chi connectivity index (χ3n) is 3.65. The maximum absolute atomic E-state index is 4.97. The van der Waals surface area contributed by atoms with Gasteiger partial charge in [0.1, 0.15) is 0 Å². The van der Waals surface area contributed by atoms with Gasteiger partial charge >= 0.3 is 0 Å². The number of thiazole rings is 1. The monoisotopic (exact) mass is 327 g/mol. The predicted molar refractivity (Wildman–Crippen MR) is 96.8 cm³/mol. The van der Waals surface area contributed by atoms with Crippen LogP contribution >= 0.6 is 23.1 Å². The molecular weight excluding hydrogens is 298 g/mol. The minimum Gasteiger partial charge on any atom is -0.344 e. The van der Waals surface area contributed by atoms with Crippen molar-refractivity contribution in [1.82, 2.24) is 10.3 Å². The van der Waals surface area contributed by atoms with Crippen molar-refractivity contribution >= 4 is 28.2 Å². The fraction of sp³-hybridized carbons (Fsp3) is 0.812. The molecule has 0 aromatic carbocycles. The van der Waals surface area contributed by atoms with Crippen molar-refractivity contribution in [2.45, 2.75) is 65.6 Å². The van der Waals surface area contributed by atoms with Crippen LogP contribution in [0.15, 0.2) is 0 Å². The third kappa shape index (κ3) is 4.86. The van der Waals surface area contributed by atoms with Crippen LogP contribution in [0, 0.1) is 0 Å². The summed E-state index contributed by atoms with van der Waals surface area (Å²) in [5.74, 6) is 2.45. The van der Waals surface area contributed by atoms with E-state index < -0.39 is 0 Å². The van der Waals surface area contributed by atoms with Gasteiger partial charge in [-0.3, -0.25) is 0 Å². The highest BCUT2D eigenvalue weighted by molar-refractivity contribution is 7.99. The number of rotatable bonds is 5. The Bertz CT molecular complexity index is 451. The van der Waals surface area contributed by atoms with Gasteiger partial charge < -0.3 is 10.2 Å². The van der Waals surface area contributed by atoms with Crippen LogP contribution in [0.3, 0.4) is 0 Å². The normalized spacial score (nSPS) is 20.0. The van der Waals surface area contributed by atoms with Crippen molar-refractivity contribution < 1.29 is 0 Å². The van der Waals surface area contributed by atoms with Gasteiger partial charge in [-0.25, -0.2) is 4.98 Å². The minimum absolute atomic E-state index is 0.155. The van der Waals surface area contributed by atoms with Crippen LogP contribution in [-0.2, 0) is 13.0 Å². The van der Waals surface area contributed by atoms with Gasteiger partial charge in [-0.2, -0.15) is 11.8 Å². The van der Waals surface area contributed by atoms with E-state index in [1.54, 1.807) is 0 Å². The zero-order valence-corrected chi connectivity index (χ0v) is 15.7. The van der Waals surface area contributed by atoms with Gasteiger partial charge in [-0.05, 0) is 34.1 Å². The Morgan fingerprint density at radius 1 is 1.38 bits per heavy atom. The molecule has 1 atom stereocenters. The predicted octanol–water partition coefficient (Wildman–Crippen LogP) is 3.93. The molecule has 21 heavy (non-hydrogen) atoms. The molecule has 0 aliphatic carbocycles. The van der Waals surface area contributed by atoms with Crippen LogP contribution in [0.5, 0.6) is 0 Å². The lowest BCUT2D eigenvalue weighted by molar-refractivity contribution is 0.425. The van der Waals surface area contributed by atoms with Gasteiger partial charge in [0.25, 0.3) is 0 Å². The maximum atomic E-state index is 4.97. The molecule has 1 N–H and O–H groups in total. The summed E-state index contributed by atoms with van der Waals surface area (Å²) in [4.78, 5) is 8.89. The van der Waals surface area contributed by atoms with Gasteiger partial charge in [0.15, 0.2) is 5.13 Å². The summed E-state index contributed by atoms with van der Waals surface area (Å²) in [6.07, 6.45) is 2.26. The topological polar surface area (TPSA) is 28.2 Å². The lowest BCUT2D eigenvalue weighted by Gasteiger charge is -2.32. The third-order valence-corrected chi connectivity index (χ3v) is 5.97. The summed E-state index contributed by atoms with van der Waals surface area (Å²) in [5.41, 5.74) is 1.46. The Morgan fingerprint density at radius 3 is 2.76 bits per heavy atom. The van der Waals surface area contributed by atoms with Gasteiger partial charge in [0.05, 0.1) is 5.69 Å². The molecule has 1 aromatic heterocycles. The van der Waals surface area contributed by atoms with Crippen molar-refractivity contribution in [1.29, 1.82) is 0 Å². The van der Waals surface area contributed by atoms with Crippen molar-refractivity contribution in [3.8, 4) is 0 Å². The van der Waals surface area contributed by atoms with Gasteiger partial charge in [0, 0.05) is 41.1 Å². The van der Waals surface area contributed by atoms with Crippen LogP contribution < -0.4 is 10.2 Å². The number of nitrogens with one attached hydrogen (secondary N) is 1.